The summed E-state index contributed by atoms with van der Waals surface area (Å²) in [4.78, 5) is 12.1. The number of aryl methyl sites for hydroxylation is 1. The number of pyridine rings is 1. The minimum Gasteiger partial charge on any atom is -0.382 e. The van der Waals surface area contributed by atoms with Crippen molar-refractivity contribution in [1.82, 2.24) is 14.2 Å². The third-order valence-electron chi connectivity index (χ3n) is 3.25. The Labute approximate surface area is 126 Å². The van der Waals surface area contributed by atoms with Gasteiger partial charge in [-0.3, -0.25) is 4.40 Å². The molecule has 0 amide bonds. The summed E-state index contributed by atoms with van der Waals surface area (Å²) >= 11 is 6.16. The normalized spacial score (nSPS) is 11.0. The molecule has 0 aliphatic carbocycles. The van der Waals surface area contributed by atoms with Crippen LogP contribution < -0.4 is 11.0 Å². The Morgan fingerprint density at radius 1 is 1.29 bits per heavy atom. The topological polar surface area (TPSA) is 51.3 Å². The fraction of sp³-hybridized carbons (Fsp3) is 0.200. The van der Waals surface area contributed by atoms with Gasteiger partial charge in [-0.05, 0) is 36.8 Å². The van der Waals surface area contributed by atoms with Crippen molar-refractivity contribution in [3.63, 3.8) is 0 Å². The number of hydrogen-bond donors (Lipinski definition) is 1. The van der Waals surface area contributed by atoms with Gasteiger partial charge in [-0.2, -0.15) is 0 Å². The Hall–Kier alpha value is -2.27. The molecule has 3 rings (SSSR count). The molecule has 6 heteroatoms. The second-order valence-corrected chi connectivity index (χ2v) is 5.25. The summed E-state index contributed by atoms with van der Waals surface area (Å²) in [6.07, 6.45) is 1.71. The molecule has 0 saturated carbocycles. The fourth-order valence-corrected chi connectivity index (χ4v) is 2.48. The van der Waals surface area contributed by atoms with E-state index in [-0.39, 0.29) is 5.69 Å². The maximum absolute atomic E-state index is 12.1. The molecule has 0 aliphatic heterocycles. The molecular weight excluding hydrogens is 288 g/mol. The van der Waals surface area contributed by atoms with Crippen LogP contribution in [0, 0.1) is 6.92 Å². The minimum atomic E-state index is -0.137. The number of rotatable bonds is 4. The molecule has 0 unspecified atom stereocenters. The standard InChI is InChI=1S/C15H15ClN4O/c1-11-5-6-13(12(16)10-11)17-7-9-20-15(21)19-8-3-2-4-14(19)18-20/h2-6,8,10,17H,7,9H2,1H3. The van der Waals surface area contributed by atoms with Crippen molar-refractivity contribution >= 4 is 22.9 Å². The molecule has 0 spiro atoms. The van der Waals surface area contributed by atoms with E-state index in [0.717, 1.165) is 11.3 Å². The second-order valence-electron chi connectivity index (χ2n) is 4.84. The average molecular weight is 303 g/mol. The van der Waals surface area contributed by atoms with Crippen LogP contribution in [0.5, 0.6) is 0 Å². The monoisotopic (exact) mass is 302 g/mol. The molecule has 0 aliphatic rings. The van der Waals surface area contributed by atoms with Crippen LogP contribution in [-0.2, 0) is 6.54 Å². The SMILES string of the molecule is Cc1ccc(NCCn2nc3ccccn3c2=O)c(Cl)c1. The smallest absolute Gasteiger partial charge is 0.350 e. The molecule has 0 fully saturated rings. The van der Waals surface area contributed by atoms with Crippen LogP contribution in [0.3, 0.4) is 0 Å². The first-order chi connectivity index (χ1) is 10.1. The third kappa shape index (κ3) is 2.78. The van der Waals surface area contributed by atoms with E-state index in [1.165, 1.54) is 9.08 Å². The molecule has 5 nitrogen and oxygen atoms in total. The van der Waals surface area contributed by atoms with E-state index in [1.54, 1.807) is 6.20 Å². The van der Waals surface area contributed by atoms with E-state index >= 15 is 0 Å². The summed E-state index contributed by atoms with van der Waals surface area (Å²) in [6, 6.07) is 11.3. The highest BCUT2D eigenvalue weighted by Crippen LogP contribution is 2.22. The Morgan fingerprint density at radius 3 is 2.90 bits per heavy atom. The number of anilines is 1. The number of fused-ring (bicyclic) bond motifs is 1. The summed E-state index contributed by atoms with van der Waals surface area (Å²) in [5.74, 6) is 0. The van der Waals surface area contributed by atoms with Gasteiger partial charge >= 0.3 is 5.69 Å². The molecule has 0 atom stereocenters. The highest BCUT2D eigenvalue weighted by atomic mass is 35.5. The Bertz CT molecular complexity index is 837. The lowest BCUT2D eigenvalue weighted by Crippen LogP contribution is -2.24. The van der Waals surface area contributed by atoms with Crippen LogP contribution in [-0.4, -0.2) is 20.7 Å². The maximum atomic E-state index is 12.1. The number of hydrogen-bond acceptors (Lipinski definition) is 3. The largest absolute Gasteiger partial charge is 0.382 e. The van der Waals surface area contributed by atoms with Crippen LogP contribution in [0.25, 0.3) is 5.65 Å². The lowest BCUT2D eigenvalue weighted by atomic mass is 10.2. The zero-order chi connectivity index (χ0) is 14.8. The summed E-state index contributed by atoms with van der Waals surface area (Å²) in [6.45, 7) is 3.04. The van der Waals surface area contributed by atoms with Gasteiger partial charge in [-0.1, -0.05) is 23.7 Å². The van der Waals surface area contributed by atoms with E-state index in [1.807, 2.05) is 43.3 Å². The molecule has 0 radical (unpaired) electrons. The van der Waals surface area contributed by atoms with Gasteiger partial charge in [-0.25, -0.2) is 9.48 Å². The first-order valence-corrected chi connectivity index (χ1v) is 7.07. The molecule has 3 aromatic rings. The molecule has 2 heterocycles. The summed E-state index contributed by atoms with van der Waals surface area (Å²) < 4.78 is 2.98. The quantitative estimate of drug-likeness (QED) is 0.806. The van der Waals surface area contributed by atoms with Gasteiger partial charge in [0.1, 0.15) is 0 Å². The van der Waals surface area contributed by atoms with Crippen LogP contribution >= 0.6 is 11.6 Å². The van der Waals surface area contributed by atoms with E-state index in [4.69, 9.17) is 11.6 Å². The predicted octanol–water partition coefficient (Wildman–Crippen LogP) is 2.57. The van der Waals surface area contributed by atoms with Gasteiger partial charge in [0, 0.05) is 12.7 Å². The Balaban J connectivity index is 1.72. The highest BCUT2D eigenvalue weighted by Gasteiger charge is 2.05. The van der Waals surface area contributed by atoms with Crippen LogP contribution in [0.2, 0.25) is 5.02 Å². The van der Waals surface area contributed by atoms with Crippen LogP contribution in [0.4, 0.5) is 5.69 Å². The third-order valence-corrected chi connectivity index (χ3v) is 3.56. The van der Waals surface area contributed by atoms with Crippen molar-refractivity contribution < 1.29 is 0 Å². The van der Waals surface area contributed by atoms with Gasteiger partial charge in [0.15, 0.2) is 5.65 Å². The number of nitrogens with one attached hydrogen (secondary N) is 1. The van der Waals surface area contributed by atoms with Crippen molar-refractivity contribution in [3.8, 4) is 0 Å². The van der Waals surface area contributed by atoms with E-state index < -0.39 is 0 Å². The number of aromatic nitrogens is 3. The van der Waals surface area contributed by atoms with Crippen molar-refractivity contribution in [2.45, 2.75) is 13.5 Å². The maximum Gasteiger partial charge on any atom is 0.350 e. The molecule has 2 aromatic heterocycles. The zero-order valence-corrected chi connectivity index (χ0v) is 12.3. The Kier molecular flexibility index (Phi) is 3.66. The second kappa shape index (κ2) is 5.61. The highest BCUT2D eigenvalue weighted by molar-refractivity contribution is 6.33. The molecule has 1 N–H and O–H groups in total. The molecule has 0 saturated heterocycles. The molecule has 1 aromatic carbocycles. The van der Waals surface area contributed by atoms with Gasteiger partial charge < -0.3 is 5.32 Å². The van der Waals surface area contributed by atoms with Gasteiger partial charge in [0.2, 0.25) is 0 Å². The fourth-order valence-electron chi connectivity index (χ4n) is 2.17. The molecular formula is C15H15ClN4O. The number of halogens is 1. The van der Waals surface area contributed by atoms with E-state index in [9.17, 15) is 4.79 Å². The number of benzene rings is 1. The zero-order valence-electron chi connectivity index (χ0n) is 11.6. The summed E-state index contributed by atoms with van der Waals surface area (Å²) in [7, 11) is 0. The lowest BCUT2D eigenvalue weighted by Gasteiger charge is -2.08. The first-order valence-electron chi connectivity index (χ1n) is 6.69. The van der Waals surface area contributed by atoms with Gasteiger partial charge in [0.25, 0.3) is 0 Å². The Morgan fingerprint density at radius 2 is 2.14 bits per heavy atom. The van der Waals surface area contributed by atoms with E-state index in [2.05, 4.69) is 10.4 Å². The van der Waals surface area contributed by atoms with Gasteiger partial charge in [-0.15, -0.1) is 5.10 Å². The summed E-state index contributed by atoms with van der Waals surface area (Å²) in [5.41, 5.74) is 2.49. The average Bonchev–Trinajstić information content (AvgIpc) is 2.79. The van der Waals surface area contributed by atoms with Crippen LogP contribution in [0.1, 0.15) is 5.56 Å². The molecule has 21 heavy (non-hydrogen) atoms. The van der Waals surface area contributed by atoms with Crippen molar-refractivity contribution in [2.75, 3.05) is 11.9 Å². The first kappa shape index (κ1) is 13.7. The minimum absolute atomic E-state index is 0.137. The van der Waals surface area contributed by atoms with Crippen molar-refractivity contribution in [2.24, 2.45) is 0 Å². The molecule has 108 valence electrons. The lowest BCUT2D eigenvalue weighted by molar-refractivity contribution is 0.614. The summed E-state index contributed by atoms with van der Waals surface area (Å²) in [5, 5.41) is 8.17. The predicted molar refractivity (Wildman–Crippen MR) is 84.1 cm³/mol. The van der Waals surface area contributed by atoms with Gasteiger partial charge in [0.05, 0.1) is 17.3 Å². The van der Waals surface area contributed by atoms with Crippen molar-refractivity contribution in [3.05, 3.63) is 63.7 Å². The van der Waals surface area contributed by atoms with Crippen LogP contribution in [0.15, 0.2) is 47.4 Å². The number of nitrogens with zero attached hydrogens (tertiary/aromatic N) is 3. The van der Waals surface area contributed by atoms with E-state index in [0.29, 0.717) is 23.8 Å². The molecule has 0 bridgehead atoms. The van der Waals surface area contributed by atoms with Crippen molar-refractivity contribution in [1.29, 1.82) is 0 Å².